The fourth-order valence-electron chi connectivity index (χ4n) is 3.44. The molecule has 132 valence electrons. The highest BCUT2D eigenvalue weighted by atomic mass is 35.5. The van der Waals surface area contributed by atoms with E-state index in [4.69, 9.17) is 16.6 Å². The summed E-state index contributed by atoms with van der Waals surface area (Å²) in [6, 6.07) is 0. The van der Waals surface area contributed by atoms with Gasteiger partial charge in [-0.25, -0.2) is 19.9 Å². The number of rotatable bonds is 2. The Kier molecular flexibility index (Phi) is 3.75. The third kappa shape index (κ3) is 2.52. The van der Waals surface area contributed by atoms with Crippen molar-refractivity contribution in [2.45, 2.75) is 17.7 Å². The zero-order chi connectivity index (χ0) is 17.7. The van der Waals surface area contributed by atoms with Crippen LogP contribution in [0.3, 0.4) is 0 Å². The molecule has 7 nitrogen and oxygen atoms in total. The number of aromatic nitrogens is 5. The van der Waals surface area contributed by atoms with Crippen LogP contribution in [-0.4, -0.2) is 47.4 Å². The molecule has 26 heavy (non-hydrogen) atoms. The lowest BCUT2D eigenvalue weighted by atomic mass is 10.1. The smallest absolute Gasteiger partial charge is 0.211 e. The van der Waals surface area contributed by atoms with E-state index in [0.29, 0.717) is 17.3 Å². The Morgan fingerprint density at radius 2 is 2.00 bits per heavy atom. The highest BCUT2D eigenvalue weighted by molar-refractivity contribution is 7.85. The molecule has 9 heteroatoms. The Morgan fingerprint density at radius 1 is 1.15 bits per heavy atom. The van der Waals surface area contributed by atoms with Crippen molar-refractivity contribution >= 4 is 39.6 Å². The molecule has 3 aromatic rings. The van der Waals surface area contributed by atoms with Crippen LogP contribution in [0.4, 0.5) is 5.95 Å². The van der Waals surface area contributed by atoms with Crippen molar-refractivity contribution in [3.05, 3.63) is 47.4 Å². The van der Waals surface area contributed by atoms with E-state index in [-0.39, 0.29) is 0 Å². The first-order valence-corrected chi connectivity index (χ1v) is 10.1. The van der Waals surface area contributed by atoms with Crippen LogP contribution in [0.15, 0.2) is 35.8 Å². The number of anilines is 1. The molecule has 3 aromatic heterocycles. The van der Waals surface area contributed by atoms with Gasteiger partial charge in [-0.15, -0.1) is 0 Å². The van der Waals surface area contributed by atoms with E-state index in [0.717, 1.165) is 53.0 Å². The van der Waals surface area contributed by atoms with Gasteiger partial charge in [0.15, 0.2) is 11.5 Å². The number of imidazole rings is 1. The first kappa shape index (κ1) is 15.9. The summed E-state index contributed by atoms with van der Waals surface area (Å²) < 4.78 is 14.2. The summed E-state index contributed by atoms with van der Waals surface area (Å²) in [6.07, 6.45) is 10.6. The largest absolute Gasteiger partial charge is 0.338 e. The highest BCUT2D eigenvalue weighted by Gasteiger charge is 2.27. The van der Waals surface area contributed by atoms with Gasteiger partial charge < -0.3 is 4.90 Å². The van der Waals surface area contributed by atoms with E-state index < -0.39 is 10.8 Å². The van der Waals surface area contributed by atoms with Gasteiger partial charge in [0.2, 0.25) is 5.95 Å². The van der Waals surface area contributed by atoms with Gasteiger partial charge >= 0.3 is 0 Å². The van der Waals surface area contributed by atoms with Crippen LogP contribution in [-0.2, 0) is 17.2 Å². The minimum atomic E-state index is -1.00. The summed E-state index contributed by atoms with van der Waals surface area (Å²) in [4.78, 5) is 20.8. The van der Waals surface area contributed by atoms with Crippen LogP contribution in [0.25, 0.3) is 11.2 Å². The Balaban J connectivity index is 1.50. The molecular weight excluding hydrogens is 372 g/mol. The predicted molar refractivity (Wildman–Crippen MR) is 99.8 cm³/mol. The highest BCUT2D eigenvalue weighted by Crippen LogP contribution is 2.30. The van der Waals surface area contributed by atoms with E-state index in [1.807, 2.05) is 10.6 Å². The maximum Gasteiger partial charge on any atom is 0.211 e. The topological polar surface area (TPSA) is 76.3 Å². The molecule has 1 atom stereocenters. The molecule has 0 bridgehead atoms. The minimum absolute atomic E-state index is 0.536. The number of halogens is 1. The van der Waals surface area contributed by atoms with Gasteiger partial charge in [-0.1, -0.05) is 17.7 Å². The number of hydrogen-bond acceptors (Lipinski definition) is 6. The molecule has 0 saturated heterocycles. The molecule has 0 aromatic carbocycles. The summed E-state index contributed by atoms with van der Waals surface area (Å²) >= 11 is 5.86. The SMILES string of the molecule is O=S1CCc2nc(N3CC=C(c4ncc(Cl)cn4)CC3)n3ccnc3c21. The number of hydrogen-bond donors (Lipinski definition) is 0. The van der Waals surface area contributed by atoms with Crippen LogP contribution < -0.4 is 4.90 Å². The van der Waals surface area contributed by atoms with Crippen molar-refractivity contribution in [2.75, 3.05) is 23.7 Å². The second-order valence-electron chi connectivity index (χ2n) is 6.26. The molecule has 2 aliphatic heterocycles. The van der Waals surface area contributed by atoms with Crippen LogP contribution in [0.1, 0.15) is 17.9 Å². The van der Waals surface area contributed by atoms with Crippen molar-refractivity contribution < 1.29 is 4.21 Å². The predicted octanol–water partition coefficient (Wildman–Crippen LogP) is 2.13. The second-order valence-corrected chi connectivity index (χ2v) is 8.20. The lowest BCUT2D eigenvalue weighted by Crippen LogP contribution is -2.31. The molecule has 1 unspecified atom stereocenters. The standard InChI is InChI=1S/C17H15ClN6OS/c18-12-9-20-15(21-10-12)11-1-5-23(6-2-11)17-22-13-3-8-26(25)14(13)16-19-4-7-24(16)17/h1,4,7,9-10H,2-3,5-6,8H2. The van der Waals surface area contributed by atoms with E-state index in [9.17, 15) is 4.21 Å². The number of nitrogens with zero attached hydrogens (tertiary/aromatic N) is 6. The summed E-state index contributed by atoms with van der Waals surface area (Å²) in [5, 5.41) is 0.536. The lowest BCUT2D eigenvalue weighted by Gasteiger charge is -2.27. The molecular formula is C17H15ClN6OS. The van der Waals surface area contributed by atoms with Crippen molar-refractivity contribution in [2.24, 2.45) is 0 Å². The van der Waals surface area contributed by atoms with Gasteiger partial charge in [-0.3, -0.25) is 8.61 Å². The Morgan fingerprint density at radius 3 is 2.77 bits per heavy atom. The third-order valence-corrected chi connectivity index (χ3v) is 6.35. The lowest BCUT2D eigenvalue weighted by molar-refractivity contribution is 0.685. The van der Waals surface area contributed by atoms with Crippen LogP contribution >= 0.6 is 11.6 Å². The van der Waals surface area contributed by atoms with Crippen molar-refractivity contribution in [3.63, 3.8) is 0 Å². The molecule has 5 heterocycles. The summed E-state index contributed by atoms with van der Waals surface area (Å²) in [5.41, 5.74) is 2.78. The third-order valence-electron chi connectivity index (χ3n) is 4.71. The van der Waals surface area contributed by atoms with Crippen molar-refractivity contribution in [1.82, 2.24) is 24.3 Å². The average molecular weight is 387 g/mol. The average Bonchev–Trinajstić information content (AvgIpc) is 3.28. The molecule has 0 saturated carbocycles. The number of aryl methyl sites for hydroxylation is 1. The molecule has 0 radical (unpaired) electrons. The number of fused-ring (bicyclic) bond motifs is 3. The normalized spacial score (nSPS) is 19.7. The maximum atomic E-state index is 12.3. The van der Waals surface area contributed by atoms with Crippen LogP contribution in [0, 0.1) is 0 Å². The van der Waals surface area contributed by atoms with Gasteiger partial charge in [0.05, 0.1) is 21.5 Å². The van der Waals surface area contributed by atoms with Crippen molar-refractivity contribution in [1.29, 1.82) is 0 Å². The first-order chi connectivity index (χ1) is 12.7. The Bertz CT molecular complexity index is 1060. The molecule has 0 spiro atoms. The zero-order valence-corrected chi connectivity index (χ0v) is 15.4. The monoisotopic (exact) mass is 386 g/mol. The van der Waals surface area contributed by atoms with Crippen molar-refractivity contribution in [3.8, 4) is 0 Å². The van der Waals surface area contributed by atoms with Gasteiger partial charge in [-0.05, 0) is 12.0 Å². The summed E-state index contributed by atoms with van der Waals surface area (Å²) in [7, 11) is -1.00. The Labute approximate surface area is 157 Å². The van der Waals surface area contributed by atoms with Crippen LogP contribution in [0.5, 0.6) is 0 Å². The Hall–Kier alpha value is -2.32. The van der Waals surface area contributed by atoms with Crippen LogP contribution in [0.2, 0.25) is 5.02 Å². The van der Waals surface area contributed by atoms with Gasteiger partial charge in [0, 0.05) is 50.1 Å². The second kappa shape index (κ2) is 6.14. The van der Waals surface area contributed by atoms with Gasteiger partial charge in [-0.2, -0.15) is 0 Å². The van der Waals surface area contributed by atoms with E-state index in [2.05, 4.69) is 25.9 Å². The molecule has 0 N–H and O–H groups in total. The quantitative estimate of drug-likeness (QED) is 0.671. The van der Waals surface area contributed by atoms with Gasteiger partial charge in [0.1, 0.15) is 4.90 Å². The van der Waals surface area contributed by atoms with E-state index >= 15 is 0 Å². The fourth-order valence-corrected chi connectivity index (χ4v) is 4.88. The molecule has 2 aliphatic rings. The summed E-state index contributed by atoms with van der Waals surface area (Å²) in [6.45, 7) is 1.52. The molecule has 0 aliphatic carbocycles. The van der Waals surface area contributed by atoms with E-state index in [1.54, 1.807) is 18.6 Å². The zero-order valence-electron chi connectivity index (χ0n) is 13.8. The van der Waals surface area contributed by atoms with E-state index in [1.165, 1.54) is 0 Å². The minimum Gasteiger partial charge on any atom is -0.338 e. The molecule has 0 fully saturated rings. The first-order valence-electron chi connectivity index (χ1n) is 8.37. The maximum absolute atomic E-state index is 12.3. The van der Waals surface area contributed by atoms with Gasteiger partial charge in [0.25, 0.3) is 0 Å². The fraction of sp³-hybridized carbons (Fsp3) is 0.294. The molecule has 0 amide bonds. The molecule has 5 rings (SSSR count). The summed E-state index contributed by atoms with van der Waals surface area (Å²) in [5.74, 6) is 2.20.